The lowest BCUT2D eigenvalue weighted by Gasteiger charge is -2.21. The van der Waals surface area contributed by atoms with Gasteiger partial charge in [-0.05, 0) is 32.8 Å². The molecule has 2 N–H and O–H groups in total. The summed E-state index contributed by atoms with van der Waals surface area (Å²) in [6.45, 7) is 9.89. The van der Waals surface area contributed by atoms with Crippen molar-refractivity contribution in [1.29, 1.82) is 0 Å². The van der Waals surface area contributed by atoms with Crippen LogP contribution in [-0.4, -0.2) is 45.0 Å². The third-order valence-electron chi connectivity index (χ3n) is 3.27. The zero-order valence-corrected chi connectivity index (χ0v) is 14.7. The van der Waals surface area contributed by atoms with Crippen LogP contribution in [0.4, 0.5) is 0 Å². The molecule has 0 aliphatic rings. The van der Waals surface area contributed by atoms with E-state index in [2.05, 4.69) is 10.4 Å². The number of aliphatic carboxylic acids is 1. The van der Waals surface area contributed by atoms with Crippen LogP contribution >= 0.6 is 0 Å². The third kappa shape index (κ3) is 6.02. The molecule has 23 heavy (non-hydrogen) atoms. The van der Waals surface area contributed by atoms with E-state index in [1.165, 1.54) is 4.68 Å². The molecule has 1 rings (SSSR count). The van der Waals surface area contributed by atoms with Gasteiger partial charge in [-0.15, -0.1) is 0 Å². The summed E-state index contributed by atoms with van der Waals surface area (Å²) >= 11 is 0. The summed E-state index contributed by atoms with van der Waals surface area (Å²) in [6, 6.07) is 0.687. The van der Waals surface area contributed by atoms with Gasteiger partial charge in [0.25, 0.3) is 5.91 Å². The number of carboxylic acids is 1. The number of nitrogens with zero attached hydrogens (tertiary/aromatic N) is 2. The second kappa shape index (κ2) is 7.59. The number of hydrogen-bond donors (Lipinski definition) is 2. The molecule has 7 heteroatoms. The molecule has 1 aromatic rings. The zero-order valence-electron chi connectivity index (χ0n) is 14.7. The van der Waals surface area contributed by atoms with Gasteiger partial charge in [-0.2, -0.15) is 5.10 Å². The number of nitrogens with one attached hydrogen (secondary N) is 1. The van der Waals surface area contributed by atoms with Crippen molar-refractivity contribution >= 4 is 11.9 Å². The smallest absolute Gasteiger partial charge is 0.326 e. The normalized spacial score (nSPS) is 13.2. The molecule has 0 saturated heterocycles. The average Bonchev–Trinajstić information content (AvgIpc) is 2.78. The van der Waals surface area contributed by atoms with E-state index in [9.17, 15) is 14.7 Å². The Kier molecular flexibility index (Phi) is 6.32. The lowest BCUT2D eigenvalue weighted by Crippen LogP contribution is -2.42. The molecule has 0 fully saturated rings. The maximum absolute atomic E-state index is 12.3. The van der Waals surface area contributed by atoms with Gasteiger partial charge in [0.1, 0.15) is 11.7 Å². The third-order valence-corrected chi connectivity index (χ3v) is 3.27. The summed E-state index contributed by atoms with van der Waals surface area (Å²) in [5.41, 5.74) is 0.790. The van der Waals surface area contributed by atoms with Gasteiger partial charge in [-0.25, -0.2) is 4.79 Å². The predicted molar refractivity (Wildman–Crippen MR) is 86.5 cm³/mol. The minimum atomic E-state index is -1.08. The maximum Gasteiger partial charge on any atom is 0.326 e. The monoisotopic (exact) mass is 325 g/mol. The van der Waals surface area contributed by atoms with E-state index in [1.54, 1.807) is 13.1 Å². The summed E-state index contributed by atoms with van der Waals surface area (Å²) in [5, 5.41) is 16.1. The van der Waals surface area contributed by atoms with Crippen molar-refractivity contribution in [3.05, 3.63) is 17.5 Å². The Labute approximate surface area is 137 Å². The zero-order chi connectivity index (χ0) is 17.8. The van der Waals surface area contributed by atoms with Crippen LogP contribution in [0, 0.1) is 0 Å². The molecule has 130 valence electrons. The Hall–Kier alpha value is -1.89. The van der Waals surface area contributed by atoms with Crippen molar-refractivity contribution in [2.24, 2.45) is 7.05 Å². The molecule has 1 unspecified atom stereocenters. The summed E-state index contributed by atoms with van der Waals surface area (Å²) in [6.07, 6.45) is 0.202. The number of rotatable bonds is 7. The van der Waals surface area contributed by atoms with Gasteiger partial charge in [-0.1, -0.05) is 13.8 Å². The molecule has 0 aromatic carbocycles. The first kappa shape index (κ1) is 19.2. The van der Waals surface area contributed by atoms with Crippen LogP contribution in [-0.2, 0) is 16.6 Å². The largest absolute Gasteiger partial charge is 0.480 e. The van der Waals surface area contributed by atoms with Gasteiger partial charge in [0.15, 0.2) is 0 Å². The van der Waals surface area contributed by atoms with Crippen molar-refractivity contribution in [2.75, 3.05) is 6.61 Å². The van der Waals surface area contributed by atoms with Gasteiger partial charge in [0.2, 0.25) is 0 Å². The summed E-state index contributed by atoms with van der Waals surface area (Å²) in [5.74, 6) is -1.34. The Morgan fingerprint density at radius 2 is 2.00 bits per heavy atom. The fourth-order valence-electron chi connectivity index (χ4n) is 1.96. The number of ether oxygens (including phenoxy) is 1. The van der Waals surface area contributed by atoms with Crippen LogP contribution in [0.3, 0.4) is 0 Å². The van der Waals surface area contributed by atoms with Crippen molar-refractivity contribution < 1.29 is 19.4 Å². The van der Waals surface area contributed by atoms with E-state index >= 15 is 0 Å². The maximum atomic E-state index is 12.3. The van der Waals surface area contributed by atoms with Crippen molar-refractivity contribution in [3.63, 3.8) is 0 Å². The summed E-state index contributed by atoms with van der Waals surface area (Å²) in [4.78, 5) is 23.6. The molecular weight excluding hydrogens is 298 g/mol. The highest BCUT2D eigenvalue weighted by molar-refractivity contribution is 5.95. The van der Waals surface area contributed by atoms with Crippen LogP contribution in [0.25, 0.3) is 0 Å². The number of aromatic nitrogens is 2. The highest BCUT2D eigenvalue weighted by Crippen LogP contribution is 2.14. The quantitative estimate of drug-likeness (QED) is 0.799. The molecule has 0 spiro atoms. The van der Waals surface area contributed by atoms with E-state index in [1.807, 2.05) is 34.6 Å². The molecule has 7 nitrogen and oxygen atoms in total. The van der Waals surface area contributed by atoms with Gasteiger partial charge in [0.05, 0.1) is 11.3 Å². The van der Waals surface area contributed by atoms with Gasteiger partial charge in [0, 0.05) is 20.1 Å². The fourth-order valence-corrected chi connectivity index (χ4v) is 1.96. The van der Waals surface area contributed by atoms with E-state index in [4.69, 9.17) is 4.74 Å². The first-order chi connectivity index (χ1) is 10.5. The van der Waals surface area contributed by atoms with Gasteiger partial charge in [-0.3, -0.25) is 9.48 Å². The van der Waals surface area contributed by atoms with Crippen LogP contribution in [0.15, 0.2) is 6.07 Å². The highest BCUT2D eigenvalue weighted by atomic mass is 16.5. The molecule has 1 amide bonds. The molecule has 0 bridgehead atoms. The van der Waals surface area contributed by atoms with E-state index in [0.717, 1.165) is 5.69 Å². The van der Waals surface area contributed by atoms with E-state index in [-0.39, 0.29) is 24.5 Å². The first-order valence-electron chi connectivity index (χ1n) is 7.73. The topological polar surface area (TPSA) is 93.5 Å². The molecule has 0 saturated carbocycles. The van der Waals surface area contributed by atoms with E-state index in [0.29, 0.717) is 5.69 Å². The number of amides is 1. The predicted octanol–water partition coefficient (Wildman–Crippen LogP) is 1.93. The number of hydrogen-bond acceptors (Lipinski definition) is 4. The van der Waals surface area contributed by atoms with Gasteiger partial charge >= 0.3 is 5.97 Å². The summed E-state index contributed by atoms with van der Waals surface area (Å²) < 4.78 is 6.99. The average molecular weight is 325 g/mol. The minimum Gasteiger partial charge on any atom is -0.480 e. The molecule has 0 radical (unpaired) electrons. The molecule has 0 aliphatic carbocycles. The van der Waals surface area contributed by atoms with Gasteiger partial charge < -0.3 is 15.2 Å². The molecule has 1 aromatic heterocycles. The summed E-state index contributed by atoms with van der Waals surface area (Å²) in [7, 11) is 1.67. The fraction of sp³-hybridized carbons (Fsp3) is 0.688. The second-order valence-electron chi connectivity index (χ2n) is 6.85. The Morgan fingerprint density at radius 3 is 2.43 bits per heavy atom. The highest BCUT2D eigenvalue weighted by Gasteiger charge is 2.24. The van der Waals surface area contributed by atoms with Crippen molar-refractivity contribution in [1.82, 2.24) is 15.1 Å². The molecular formula is C16H27N3O4. The van der Waals surface area contributed by atoms with Crippen molar-refractivity contribution in [3.8, 4) is 0 Å². The minimum absolute atomic E-state index is 0.193. The molecule has 1 atom stereocenters. The van der Waals surface area contributed by atoms with Crippen LogP contribution in [0.5, 0.6) is 0 Å². The first-order valence-corrected chi connectivity index (χ1v) is 7.73. The Balaban J connectivity index is 2.73. The Bertz CT molecular complexity index is 558. The van der Waals surface area contributed by atoms with E-state index < -0.39 is 17.9 Å². The lowest BCUT2D eigenvalue weighted by molar-refractivity contribution is -0.140. The molecule has 0 aliphatic heterocycles. The van der Waals surface area contributed by atoms with Crippen LogP contribution in [0.1, 0.15) is 63.1 Å². The number of carbonyl (C=O) groups is 2. The SMILES string of the molecule is CC(C)c1cc(C(=O)NC(CCOC(C)(C)C)C(=O)O)n(C)n1. The lowest BCUT2D eigenvalue weighted by atomic mass is 10.1. The number of aryl methyl sites for hydroxylation is 1. The second-order valence-corrected chi connectivity index (χ2v) is 6.85. The number of carbonyl (C=O) groups excluding carboxylic acids is 1. The Morgan fingerprint density at radius 1 is 1.39 bits per heavy atom. The van der Waals surface area contributed by atoms with Crippen LogP contribution < -0.4 is 5.32 Å². The standard InChI is InChI=1S/C16H27N3O4/c1-10(2)12-9-13(19(6)18-12)14(20)17-11(15(21)22)7-8-23-16(3,4)5/h9-11H,7-8H2,1-6H3,(H,17,20)(H,21,22). The van der Waals surface area contributed by atoms with Crippen LogP contribution in [0.2, 0.25) is 0 Å². The van der Waals surface area contributed by atoms with Crippen molar-refractivity contribution in [2.45, 2.75) is 58.6 Å². The molecule has 1 heterocycles. The number of carboxylic acid groups (broad SMARTS) is 1.